The maximum atomic E-state index is 13.5. The van der Waals surface area contributed by atoms with Crippen LogP contribution in [0.1, 0.15) is 43.8 Å². The van der Waals surface area contributed by atoms with Gasteiger partial charge >= 0.3 is 0 Å². The molecule has 0 aliphatic carbocycles. The quantitative estimate of drug-likeness (QED) is 0.547. The van der Waals surface area contributed by atoms with Gasteiger partial charge in [0, 0.05) is 18.2 Å². The molecular weight excluding hydrogens is 432 g/mol. The molecule has 34 heavy (non-hydrogen) atoms. The Hall–Kier alpha value is -4.13. The van der Waals surface area contributed by atoms with Crippen LogP contribution >= 0.6 is 0 Å². The number of rotatable bonds is 7. The first kappa shape index (κ1) is 23.0. The smallest absolute Gasteiger partial charge is 0.254 e. The van der Waals surface area contributed by atoms with E-state index in [4.69, 9.17) is 9.47 Å². The molecule has 3 aromatic rings. The van der Waals surface area contributed by atoms with Crippen molar-refractivity contribution in [1.29, 1.82) is 0 Å². The number of hydrogen-bond acceptors (Lipinski definition) is 5. The van der Waals surface area contributed by atoms with Gasteiger partial charge in [-0.1, -0.05) is 30.3 Å². The molecule has 174 valence electrons. The molecule has 0 spiro atoms. The van der Waals surface area contributed by atoms with Crippen molar-refractivity contribution in [2.24, 2.45) is 0 Å². The van der Waals surface area contributed by atoms with E-state index in [1.54, 1.807) is 80.8 Å². The SMILES string of the molecule is COc1ccc(C(=O)CNC(=O)[C@@H]2c3ccccc3C(=O)N(C)[C@H]2c2ccc(OC)cc2)cc1. The molecule has 0 radical (unpaired) electrons. The Labute approximate surface area is 198 Å². The zero-order chi connectivity index (χ0) is 24.2. The summed E-state index contributed by atoms with van der Waals surface area (Å²) in [5.74, 6) is -0.0554. The standard InChI is InChI=1S/C27H26N2O5/c1-29-25(18-10-14-20(34-3)15-11-18)24(21-6-4-5-7-22(21)27(29)32)26(31)28-16-23(30)17-8-12-19(33-2)13-9-17/h4-15,24-25H,16H2,1-3H3,(H,28,31)/t24-,25+/m1/s1. The minimum atomic E-state index is -0.684. The number of hydrogen-bond donors (Lipinski definition) is 1. The number of likely N-dealkylation sites (N-methyl/N-ethyl adjacent to an activating group) is 1. The van der Waals surface area contributed by atoms with E-state index < -0.39 is 12.0 Å². The van der Waals surface area contributed by atoms with Crippen LogP contribution in [0.2, 0.25) is 0 Å². The van der Waals surface area contributed by atoms with E-state index in [1.807, 2.05) is 18.2 Å². The lowest BCUT2D eigenvalue weighted by Crippen LogP contribution is -2.46. The molecular formula is C27H26N2O5. The Morgan fingerprint density at radius 3 is 2.09 bits per heavy atom. The Morgan fingerprint density at radius 1 is 0.882 bits per heavy atom. The molecule has 0 bridgehead atoms. The van der Waals surface area contributed by atoms with Crippen LogP contribution in [0.5, 0.6) is 11.5 Å². The maximum absolute atomic E-state index is 13.5. The second-order valence-electron chi connectivity index (χ2n) is 8.07. The van der Waals surface area contributed by atoms with Gasteiger partial charge in [-0.25, -0.2) is 0 Å². The highest BCUT2D eigenvalue weighted by molar-refractivity contribution is 6.03. The number of carbonyl (C=O) groups is 3. The fourth-order valence-electron chi connectivity index (χ4n) is 4.33. The molecule has 0 saturated carbocycles. The lowest BCUT2D eigenvalue weighted by Gasteiger charge is -2.39. The molecule has 1 aliphatic heterocycles. The van der Waals surface area contributed by atoms with Gasteiger partial charge < -0.3 is 19.7 Å². The number of Topliss-reactive ketones (excluding diaryl/α,β-unsaturated/α-hetero) is 1. The maximum Gasteiger partial charge on any atom is 0.254 e. The summed E-state index contributed by atoms with van der Waals surface area (Å²) in [4.78, 5) is 40.9. The predicted octanol–water partition coefficient (Wildman–Crippen LogP) is 3.61. The molecule has 2 amide bonds. The van der Waals surface area contributed by atoms with E-state index in [2.05, 4.69) is 5.32 Å². The summed E-state index contributed by atoms with van der Waals surface area (Å²) in [6.45, 7) is -0.156. The van der Waals surface area contributed by atoms with Gasteiger partial charge in [-0.3, -0.25) is 14.4 Å². The van der Waals surface area contributed by atoms with E-state index in [9.17, 15) is 14.4 Å². The molecule has 1 aliphatic rings. The molecule has 7 nitrogen and oxygen atoms in total. The van der Waals surface area contributed by atoms with Crippen molar-refractivity contribution in [3.63, 3.8) is 0 Å². The zero-order valence-electron chi connectivity index (χ0n) is 19.3. The number of methoxy groups -OCH3 is 2. The first-order chi connectivity index (χ1) is 16.4. The number of amides is 2. The summed E-state index contributed by atoms with van der Waals surface area (Å²) in [7, 11) is 4.83. The van der Waals surface area contributed by atoms with E-state index >= 15 is 0 Å². The minimum absolute atomic E-state index is 0.156. The van der Waals surface area contributed by atoms with E-state index in [0.29, 0.717) is 28.2 Å². The van der Waals surface area contributed by atoms with Crippen LogP contribution in [0.15, 0.2) is 72.8 Å². The third-order valence-corrected chi connectivity index (χ3v) is 6.15. The van der Waals surface area contributed by atoms with Crippen molar-refractivity contribution in [2.45, 2.75) is 12.0 Å². The number of ether oxygens (including phenoxy) is 2. The molecule has 0 aromatic heterocycles. The van der Waals surface area contributed by atoms with Gasteiger partial charge in [-0.2, -0.15) is 0 Å². The highest BCUT2D eigenvalue weighted by atomic mass is 16.5. The van der Waals surface area contributed by atoms with Gasteiger partial charge in [-0.15, -0.1) is 0 Å². The third kappa shape index (κ3) is 4.37. The average molecular weight is 459 g/mol. The molecule has 0 fully saturated rings. The van der Waals surface area contributed by atoms with Gasteiger partial charge in [-0.05, 0) is 53.6 Å². The lowest BCUT2D eigenvalue weighted by molar-refractivity contribution is -0.123. The number of nitrogens with zero attached hydrogens (tertiary/aromatic N) is 1. The van der Waals surface area contributed by atoms with Crippen LogP contribution in [-0.4, -0.2) is 50.3 Å². The first-order valence-corrected chi connectivity index (χ1v) is 10.9. The molecule has 1 heterocycles. The fraction of sp³-hybridized carbons (Fsp3) is 0.222. The number of fused-ring (bicyclic) bond motifs is 1. The number of ketones is 1. The fourth-order valence-corrected chi connectivity index (χ4v) is 4.33. The second kappa shape index (κ2) is 9.79. The number of nitrogens with one attached hydrogen (secondary N) is 1. The molecule has 3 aromatic carbocycles. The highest BCUT2D eigenvalue weighted by Crippen LogP contribution is 2.42. The molecule has 4 rings (SSSR count). The molecule has 7 heteroatoms. The Balaban J connectivity index is 1.63. The van der Waals surface area contributed by atoms with Crippen LogP contribution in [0.25, 0.3) is 0 Å². The number of benzene rings is 3. The van der Waals surface area contributed by atoms with Crippen molar-refractivity contribution >= 4 is 17.6 Å². The van der Waals surface area contributed by atoms with Gasteiger partial charge in [0.15, 0.2) is 5.78 Å². The largest absolute Gasteiger partial charge is 0.497 e. The predicted molar refractivity (Wildman–Crippen MR) is 127 cm³/mol. The van der Waals surface area contributed by atoms with Crippen molar-refractivity contribution in [1.82, 2.24) is 10.2 Å². The summed E-state index contributed by atoms with van der Waals surface area (Å²) in [5.41, 5.74) is 2.40. The monoisotopic (exact) mass is 458 g/mol. The van der Waals surface area contributed by atoms with E-state index in [0.717, 1.165) is 5.56 Å². The zero-order valence-corrected chi connectivity index (χ0v) is 19.3. The Morgan fingerprint density at radius 2 is 1.47 bits per heavy atom. The van der Waals surface area contributed by atoms with Crippen molar-refractivity contribution in [2.75, 3.05) is 27.8 Å². The number of carbonyl (C=O) groups excluding carboxylic acids is 3. The van der Waals surface area contributed by atoms with Crippen LogP contribution in [0.3, 0.4) is 0 Å². The summed E-state index contributed by atoms with van der Waals surface area (Å²) < 4.78 is 10.4. The van der Waals surface area contributed by atoms with Crippen LogP contribution in [-0.2, 0) is 4.79 Å². The Kier molecular flexibility index (Phi) is 6.63. The third-order valence-electron chi connectivity index (χ3n) is 6.15. The van der Waals surface area contributed by atoms with Crippen LogP contribution < -0.4 is 14.8 Å². The average Bonchev–Trinajstić information content (AvgIpc) is 2.89. The minimum Gasteiger partial charge on any atom is -0.497 e. The van der Waals surface area contributed by atoms with E-state index in [-0.39, 0.29) is 24.1 Å². The molecule has 0 saturated heterocycles. The molecule has 2 atom stereocenters. The Bertz CT molecular complexity index is 1200. The topological polar surface area (TPSA) is 84.9 Å². The van der Waals surface area contributed by atoms with Crippen LogP contribution in [0, 0.1) is 0 Å². The van der Waals surface area contributed by atoms with Crippen molar-refractivity contribution in [3.8, 4) is 11.5 Å². The van der Waals surface area contributed by atoms with Gasteiger partial charge in [0.05, 0.1) is 32.7 Å². The van der Waals surface area contributed by atoms with Gasteiger partial charge in [0.2, 0.25) is 5.91 Å². The normalized spacial score (nSPS) is 17.0. The summed E-state index contributed by atoms with van der Waals surface area (Å²) in [5, 5.41) is 2.80. The van der Waals surface area contributed by atoms with Crippen molar-refractivity contribution < 1.29 is 23.9 Å². The summed E-state index contributed by atoms with van der Waals surface area (Å²) in [6, 6.07) is 20.6. The summed E-state index contributed by atoms with van der Waals surface area (Å²) >= 11 is 0. The lowest BCUT2D eigenvalue weighted by atomic mass is 9.79. The van der Waals surface area contributed by atoms with Gasteiger partial charge in [0.25, 0.3) is 5.91 Å². The van der Waals surface area contributed by atoms with Gasteiger partial charge in [0.1, 0.15) is 11.5 Å². The van der Waals surface area contributed by atoms with Crippen molar-refractivity contribution in [3.05, 3.63) is 95.1 Å². The van der Waals surface area contributed by atoms with Crippen LogP contribution in [0.4, 0.5) is 0 Å². The first-order valence-electron chi connectivity index (χ1n) is 10.9. The van der Waals surface area contributed by atoms with E-state index in [1.165, 1.54) is 0 Å². The summed E-state index contributed by atoms with van der Waals surface area (Å²) in [6.07, 6.45) is 0. The highest BCUT2D eigenvalue weighted by Gasteiger charge is 2.42. The molecule has 1 N–H and O–H groups in total. The molecule has 0 unspecified atom stereocenters. The second-order valence-corrected chi connectivity index (χ2v) is 8.07.